The van der Waals surface area contributed by atoms with E-state index in [0.29, 0.717) is 31.2 Å². The number of aryl methyl sites for hydroxylation is 1. The number of ether oxygens (including phenoxy) is 1. The minimum Gasteiger partial charge on any atom is -0.450 e. The standard InChI is InChI=1S/C27H30FN3O4/c28-22-6-4-5-21(15-22)27(12-2-1-3-13-27)14-11-24-29-25(30-35-24)20-9-7-19(8-10-20)16-31-17-23(18-31)34-26(32)33/h4-10,15,23H,1-3,11-14,16-18H2,(H,32,33). The van der Waals surface area contributed by atoms with Crippen molar-refractivity contribution >= 4 is 6.16 Å². The van der Waals surface area contributed by atoms with Crippen molar-refractivity contribution in [1.29, 1.82) is 0 Å². The number of halogens is 1. The van der Waals surface area contributed by atoms with Gasteiger partial charge in [0.2, 0.25) is 11.7 Å². The highest BCUT2D eigenvalue weighted by Gasteiger charge is 2.34. The number of rotatable bonds is 8. The van der Waals surface area contributed by atoms with Crippen molar-refractivity contribution in [3.63, 3.8) is 0 Å². The fraction of sp³-hybridized carbons (Fsp3) is 0.444. The van der Waals surface area contributed by atoms with Crippen LogP contribution in [0.1, 0.15) is 55.5 Å². The van der Waals surface area contributed by atoms with Gasteiger partial charge in [0.1, 0.15) is 11.9 Å². The molecule has 5 rings (SSSR count). The number of likely N-dealkylation sites (tertiary alicyclic amines) is 1. The molecule has 0 bridgehead atoms. The Hall–Kier alpha value is -3.26. The van der Waals surface area contributed by atoms with Gasteiger partial charge in [0.15, 0.2) is 0 Å². The normalized spacial score (nSPS) is 18.2. The van der Waals surface area contributed by atoms with Crippen LogP contribution in [0, 0.1) is 5.82 Å². The Kier molecular flexibility index (Phi) is 6.81. The van der Waals surface area contributed by atoms with Gasteiger partial charge in [0.25, 0.3) is 0 Å². The molecule has 1 N–H and O–H groups in total. The minimum atomic E-state index is -1.22. The lowest BCUT2D eigenvalue weighted by Crippen LogP contribution is -2.52. The van der Waals surface area contributed by atoms with Crippen LogP contribution in [0.15, 0.2) is 53.1 Å². The zero-order valence-corrected chi connectivity index (χ0v) is 19.7. The summed E-state index contributed by atoms with van der Waals surface area (Å²) in [5.41, 5.74) is 3.05. The minimum absolute atomic E-state index is 0.0397. The maximum atomic E-state index is 14.0. The molecule has 0 unspecified atom stereocenters. The van der Waals surface area contributed by atoms with E-state index in [1.54, 1.807) is 12.1 Å². The van der Waals surface area contributed by atoms with Crippen LogP contribution in [0.5, 0.6) is 0 Å². The molecule has 0 amide bonds. The Morgan fingerprint density at radius 3 is 2.63 bits per heavy atom. The van der Waals surface area contributed by atoms with Gasteiger partial charge in [-0.2, -0.15) is 4.98 Å². The van der Waals surface area contributed by atoms with Gasteiger partial charge in [-0.15, -0.1) is 0 Å². The number of hydrogen-bond acceptors (Lipinski definition) is 6. The lowest BCUT2D eigenvalue weighted by Gasteiger charge is -2.38. The van der Waals surface area contributed by atoms with Crippen molar-refractivity contribution in [1.82, 2.24) is 15.0 Å². The fourth-order valence-electron chi connectivity index (χ4n) is 5.44. The number of hydrogen-bond donors (Lipinski definition) is 1. The number of aromatic nitrogens is 2. The summed E-state index contributed by atoms with van der Waals surface area (Å²) in [5.74, 6) is 0.989. The summed E-state index contributed by atoms with van der Waals surface area (Å²) >= 11 is 0. The first kappa shape index (κ1) is 23.5. The molecule has 1 aliphatic heterocycles. The molecule has 0 radical (unpaired) electrons. The van der Waals surface area contributed by atoms with E-state index in [4.69, 9.17) is 14.4 Å². The molecule has 2 fully saturated rings. The van der Waals surface area contributed by atoms with Crippen LogP contribution in [-0.2, 0) is 23.1 Å². The Labute approximate surface area is 203 Å². The zero-order chi connectivity index (χ0) is 24.3. The van der Waals surface area contributed by atoms with Gasteiger partial charge < -0.3 is 14.4 Å². The van der Waals surface area contributed by atoms with Crippen LogP contribution in [0.4, 0.5) is 9.18 Å². The number of carbonyl (C=O) groups is 1. The predicted molar refractivity (Wildman–Crippen MR) is 127 cm³/mol. The summed E-state index contributed by atoms with van der Waals surface area (Å²) in [7, 11) is 0. The van der Waals surface area contributed by atoms with Crippen molar-refractivity contribution in [3.05, 3.63) is 71.4 Å². The summed E-state index contributed by atoms with van der Waals surface area (Å²) in [6.45, 7) is 1.96. The monoisotopic (exact) mass is 479 g/mol. The molecule has 3 aromatic rings. The second-order valence-electron chi connectivity index (χ2n) is 9.76. The number of benzene rings is 2. The topological polar surface area (TPSA) is 88.7 Å². The first-order chi connectivity index (χ1) is 17.0. The maximum absolute atomic E-state index is 14.0. The van der Waals surface area contributed by atoms with Gasteiger partial charge in [0.05, 0.1) is 0 Å². The van der Waals surface area contributed by atoms with Crippen molar-refractivity contribution in [3.8, 4) is 11.4 Å². The van der Waals surface area contributed by atoms with E-state index in [1.807, 2.05) is 24.3 Å². The molecular formula is C27H30FN3O4. The van der Waals surface area contributed by atoms with Crippen molar-refractivity contribution < 1.29 is 23.6 Å². The Bertz CT molecular complexity index is 1150. The molecule has 1 aliphatic carbocycles. The Balaban J connectivity index is 1.19. The van der Waals surface area contributed by atoms with Crippen LogP contribution in [0.3, 0.4) is 0 Å². The first-order valence-electron chi connectivity index (χ1n) is 12.3. The summed E-state index contributed by atoms with van der Waals surface area (Å²) in [6, 6.07) is 15.0. The Morgan fingerprint density at radius 2 is 1.91 bits per heavy atom. The molecule has 0 atom stereocenters. The molecule has 1 aromatic heterocycles. The largest absolute Gasteiger partial charge is 0.506 e. The zero-order valence-electron chi connectivity index (χ0n) is 19.7. The van der Waals surface area contributed by atoms with Crippen molar-refractivity contribution in [2.24, 2.45) is 0 Å². The quantitative estimate of drug-likeness (QED) is 0.421. The first-order valence-corrected chi connectivity index (χ1v) is 12.3. The summed E-state index contributed by atoms with van der Waals surface area (Å²) in [5, 5.41) is 12.9. The molecule has 2 heterocycles. The van der Waals surface area contributed by atoms with Gasteiger partial charge in [-0.1, -0.05) is 60.8 Å². The molecule has 2 aromatic carbocycles. The SMILES string of the molecule is O=C(O)OC1CN(Cc2ccc(-c3noc(CCC4(c5cccc(F)c5)CCCCC4)n3)cc2)C1. The van der Waals surface area contributed by atoms with E-state index < -0.39 is 6.16 Å². The number of nitrogens with zero attached hydrogens (tertiary/aromatic N) is 3. The average Bonchev–Trinajstić information content (AvgIpc) is 3.31. The lowest BCUT2D eigenvalue weighted by atomic mass is 9.67. The molecular weight excluding hydrogens is 449 g/mol. The van der Waals surface area contributed by atoms with Crippen LogP contribution in [-0.4, -0.2) is 45.5 Å². The van der Waals surface area contributed by atoms with E-state index in [2.05, 4.69) is 21.1 Å². The molecule has 7 nitrogen and oxygen atoms in total. The number of carboxylic acid groups (broad SMARTS) is 1. The fourth-order valence-corrected chi connectivity index (χ4v) is 5.44. The van der Waals surface area contributed by atoms with Crippen molar-refractivity contribution in [2.45, 2.75) is 63.0 Å². The Morgan fingerprint density at radius 1 is 1.14 bits per heavy atom. The molecule has 1 saturated carbocycles. The second kappa shape index (κ2) is 10.2. The molecule has 2 aliphatic rings. The predicted octanol–water partition coefficient (Wildman–Crippen LogP) is 5.59. The molecule has 0 spiro atoms. The van der Waals surface area contributed by atoms with Crippen LogP contribution in [0.25, 0.3) is 11.4 Å². The van der Waals surface area contributed by atoms with Crippen LogP contribution >= 0.6 is 0 Å². The maximum Gasteiger partial charge on any atom is 0.506 e. The molecule has 1 saturated heterocycles. The second-order valence-corrected chi connectivity index (χ2v) is 9.76. The van der Waals surface area contributed by atoms with Gasteiger partial charge in [0, 0.05) is 31.6 Å². The summed E-state index contributed by atoms with van der Waals surface area (Å²) in [6.07, 6.45) is 5.71. The van der Waals surface area contributed by atoms with Gasteiger partial charge in [-0.05, 0) is 47.9 Å². The summed E-state index contributed by atoms with van der Waals surface area (Å²) in [4.78, 5) is 17.3. The highest BCUT2D eigenvalue weighted by Crippen LogP contribution is 2.43. The highest BCUT2D eigenvalue weighted by atomic mass is 19.1. The van der Waals surface area contributed by atoms with Crippen LogP contribution < -0.4 is 0 Å². The van der Waals surface area contributed by atoms with Gasteiger partial charge >= 0.3 is 6.16 Å². The van der Waals surface area contributed by atoms with E-state index in [0.717, 1.165) is 55.3 Å². The van der Waals surface area contributed by atoms with E-state index in [1.165, 1.54) is 12.5 Å². The van der Waals surface area contributed by atoms with E-state index >= 15 is 0 Å². The van der Waals surface area contributed by atoms with E-state index in [-0.39, 0.29) is 17.3 Å². The van der Waals surface area contributed by atoms with Crippen molar-refractivity contribution in [2.75, 3.05) is 13.1 Å². The molecule has 35 heavy (non-hydrogen) atoms. The average molecular weight is 480 g/mol. The molecule has 184 valence electrons. The lowest BCUT2D eigenvalue weighted by molar-refractivity contribution is -0.0363. The van der Waals surface area contributed by atoms with Crippen LogP contribution in [0.2, 0.25) is 0 Å². The van der Waals surface area contributed by atoms with Gasteiger partial charge in [-0.25, -0.2) is 9.18 Å². The smallest absolute Gasteiger partial charge is 0.450 e. The van der Waals surface area contributed by atoms with Gasteiger partial charge in [-0.3, -0.25) is 4.90 Å². The highest BCUT2D eigenvalue weighted by molar-refractivity contribution is 5.57. The third kappa shape index (κ3) is 5.53. The van der Waals surface area contributed by atoms with E-state index in [9.17, 15) is 9.18 Å². The summed E-state index contributed by atoms with van der Waals surface area (Å²) < 4.78 is 24.3. The third-order valence-corrected chi connectivity index (χ3v) is 7.34. The third-order valence-electron chi connectivity index (χ3n) is 7.34. The molecule has 8 heteroatoms.